The summed E-state index contributed by atoms with van der Waals surface area (Å²) in [5, 5.41) is 12.0. The molecule has 1 aliphatic rings. The number of hydrogen-bond acceptors (Lipinski definition) is 8. The fourth-order valence-corrected chi connectivity index (χ4v) is 2.20. The molecular formula is C12H13BrN8O2. The minimum atomic E-state index is -0.649. The predicted molar refractivity (Wildman–Crippen MR) is 85.3 cm³/mol. The van der Waals surface area contributed by atoms with E-state index in [1.165, 1.54) is 11.0 Å². The second-order valence-electron chi connectivity index (χ2n) is 4.60. The Kier molecular flexibility index (Phi) is 3.94. The third-order valence-electron chi connectivity index (χ3n) is 3.03. The summed E-state index contributed by atoms with van der Waals surface area (Å²) in [7, 11) is 0. The quantitative estimate of drug-likeness (QED) is 0.774. The number of halogens is 1. The normalized spacial score (nSPS) is 13.6. The number of carbonyl (C=O) groups is 1. The van der Waals surface area contributed by atoms with Gasteiger partial charge in [-0.2, -0.15) is 15.1 Å². The first kappa shape index (κ1) is 15.3. The molecule has 0 amide bonds. The van der Waals surface area contributed by atoms with Crippen LogP contribution >= 0.6 is 15.9 Å². The van der Waals surface area contributed by atoms with Crippen LogP contribution in [0.1, 0.15) is 18.3 Å². The second kappa shape index (κ2) is 5.91. The summed E-state index contributed by atoms with van der Waals surface area (Å²) in [5.41, 5.74) is 4.56. The van der Waals surface area contributed by atoms with Crippen molar-refractivity contribution in [3.05, 3.63) is 22.2 Å². The average molecular weight is 381 g/mol. The van der Waals surface area contributed by atoms with Gasteiger partial charge in [0.05, 0.1) is 22.5 Å². The van der Waals surface area contributed by atoms with Gasteiger partial charge in [0, 0.05) is 0 Å². The van der Waals surface area contributed by atoms with E-state index in [9.17, 15) is 4.79 Å². The number of nitrogens with zero attached hydrogens (tertiary/aromatic N) is 7. The zero-order valence-electron chi connectivity index (χ0n) is 12.6. The van der Waals surface area contributed by atoms with Gasteiger partial charge in [0.25, 0.3) is 5.95 Å². The van der Waals surface area contributed by atoms with Crippen LogP contribution < -0.4 is 5.43 Å². The number of esters is 1. The second-order valence-corrected chi connectivity index (χ2v) is 5.39. The lowest BCUT2D eigenvalue weighted by molar-refractivity contribution is -0.135. The molecule has 11 heteroatoms. The fraction of sp³-hybridized carbons (Fsp3) is 0.333. The standard InChI is InChI=1S/C12H13BrN8O2/c1-4-23-10(22)9-15-11-17-14-5-20(11)19-12(16-9)21-7(3)8(13)6(2)18-21/h5H,4H2,1-3H3,(H,15,16,17,19). The van der Waals surface area contributed by atoms with Gasteiger partial charge < -0.3 is 4.74 Å². The summed E-state index contributed by atoms with van der Waals surface area (Å²) >= 11 is 3.46. The van der Waals surface area contributed by atoms with Crippen molar-refractivity contribution in [2.75, 3.05) is 12.0 Å². The Hall–Kier alpha value is -2.56. The summed E-state index contributed by atoms with van der Waals surface area (Å²) in [4.78, 5) is 20.4. The van der Waals surface area contributed by atoms with Gasteiger partial charge in [-0.3, -0.25) is 5.43 Å². The van der Waals surface area contributed by atoms with Gasteiger partial charge in [0.2, 0.25) is 11.8 Å². The van der Waals surface area contributed by atoms with Crippen LogP contribution in [0.15, 0.2) is 20.8 Å². The minimum absolute atomic E-state index is 0.134. The van der Waals surface area contributed by atoms with E-state index in [2.05, 4.69) is 46.6 Å². The molecule has 0 aromatic carbocycles. The molecule has 1 aliphatic heterocycles. The largest absolute Gasteiger partial charge is 0.460 e. The molecule has 3 heterocycles. The number of aromatic nitrogens is 5. The van der Waals surface area contributed by atoms with Gasteiger partial charge in [0.15, 0.2) is 0 Å². The predicted octanol–water partition coefficient (Wildman–Crippen LogP) is 0.908. The van der Waals surface area contributed by atoms with E-state index >= 15 is 0 Å². The smallest absolute Gasteiger partial charge is 0.376 e. The number of hydrogen-bond donors (Lipinski definition) is 1. The Labute approximate surface area is 139 Å². The van der Waals surface area contributed by atoms with Crippen LogP contribution in [0.4, 0.5) is 5.95 Å². The minimum Gasteiger partial charge on any atom is -0.460 e. The molecule has 0 fully saturated rings. The van der Waals surface area contributed by atoms with Crippen molar-refractivity contribution in [2.24, 2.45) is 9.98 Å². The Morgan fingerprint density at radius 2 is 2.17 bits per heavy atom. The molecule has 0 saturated heterocycles. The molecule has 0 aliphatic carbocycles. The van der Waals surface area contributed by atoms with Gasteiger partial charge in [-0.15, -0.1) is 10.2 Å². The average Bonchev–Trinajstić information content (AvgIpc) is 3.00. The maximum atomic E-state index is 12.0. The number of ether oxygens (including phenoxy) is 1. The van der Waals surface area contributed by atoms with Gasteiger partial charge in [-0.1, -0.05) is 0 Å². The molecule has 10 nitrogen and oxygen atoms in total. The van der Waals surface area contributed by atoms with Crippen molar-refractivity contribution < 1.29 is 9.53 Å². The van der Waals surface area contributed by atoms with Crippen LogP contribution in [0.2, 0.25) is 0 Å². The topological polar surface area (TPSA) is 112 Å². The molecule has 0 spiro atoms. The zero-order chi connectivity index (χ0) is 16.6. The van der Waals surface area contributed by atoms with E-state index in [0.717, 1.165) is 15.9 Å². The van der Waals surface area contributed by atoms with Crippen molar-refractivity contribution in [2.45, 2.75) is 20.8 Å². The molecule has 0 unspecified atom stereocenters. The van der Waals surface area contributed by atoms with Crippen LogP contribution in [0.3, 0.4) is 0 Å². The number of aliphatic imine (C=N–C) groups is 2. The number of amidine groups is 1. The third kappa shape index (κ3) is 2.74. The molecule has 120 valence electrons. The molecular weight excluding hydrogens is 368 g/mol. The molecule has 23 heavy (non-hydrogen) atoms. The molecule has 0 bridgehead atoms. The fourth-order valence-electron chi connectivity index (χ4n) is 1.95. The van der Waals surface area contributed by atoms with Crippen molar-refractivity contribution in [3.63, 3.8) is 0 Å². The monoisotopic (exact) mass is 380 g/mol. The van der Waals surface area contributed by atoms with E-state index in [4.69, 9.17) is 4.74 Å². The first-order chi connectivity index (χ1) is 11.0. The molecule has 1 N–H and O–H groups in total. The van der Waals surface area contributed by atoms with Crippen molar-refractivity contribution in [1.82, 2.24) is 24.7 Å². The molecule has 2 aromatic heterocycles. The van der Waals surface area contributed by atoms with Crippen LogP contribution in [-0.2, 0) is 9.53 Å². The van der Waals surface area contributed by atoms with Crippen molar-refractivity contribution >= 4 is 39.6 Å². The summed E-state index contributed by atoms with van der Waals surface area (Å²) in [5.74, 6) is -0.317. The molecule has 0 saturated carbocycles. The Balaban J connectivity index is 2.11. The third-order valence-corrected chi connectivity index (χ3v) is 4.18. The summed E-state index contributed by atoms with van der Waals surface area (Å²) in [6.45, 7) is 5.65. The summed E-state index contributed by atoms with van der Waals surface area (Å²) < 4.78 is 8.82. The summed E-state index contributed by atoms with van der Waals surface area (Å²) in [6.07, 6.45) is 1.42. The maximum absolute atomic E-state index is 12.0. The highest BCUT2D eigenvalue weighted by Gasteiger charge is 2.23. The van der Waals surface area contributed by atoms with Crippen molar-refractivity contribution in [3.8, 4) is 0 Å². The highest BCUT2D eigenvalue weighted by molar-refractivity contribution is 9.10. The van der Waals surface area contributed by atoms with Crippen molar-refractivity contribution in [1.29, 1.82) is 0 Å². The van der Waals surface area contributed by atoms with Gasteiger partial charge in [-0.25, -0.2) is 14.2 Å². The molecule has 3 rings (SSSR count). The van der Waals surface area contributed by atoms with E-state index in [-0.39, 0.29) is 24.4 Å². The zero-order valence-corrected chi connectivity index (χ0v) is 14.2. The number of fused-ring (bicyclic) bond motifs is 1. The highest BCUT2D eigenvalue weighted by atomic mass is 79.9. The molecule has 0 atom stereocenters. The van der Waals surface area contributed by atoms with E-state index in [1.807, 2.05) is 13.8 Å². The van der Waals surface area contributed by atoms with Crippen LogP contribution in [0.25, 0.3) is 0 Å². The molecule has 0 radical (unpaired) electrons. The van der Waals surface area contributed by atoms with E-state index in [1.54, 1.807) is 11.6 Å². The lowest BCUT2D eigenvalue weighted by Crippen LogP contribution is -2.31. The first-order valence-electron chi connectivity index (χ1n) is 6.75. The Morgan fingerprint density at radius 1 is 1.39 bits per heavy atom. The molecule has 2 aromatic rings. The van der Waals surface area contributed by atoms with Gasteiger partial charge in [0.1, 0.15) is 6.33 Å². The lowest BCUT2D eigenvalue weighted by atomic mass is 10.4. The number of carbonyl (C=O) groups excluding carboxylic acids is 1. The number of rotatable bonds is 2. The van der Waals surface area contributed by atoms with Crippen LogP contribution in [-0.4, -0.2) is 49.0 Å². The highest BCUT2D eigenvalue weighted by Crippen LogP contribution is 2.20. The van der Waals surface area contributed by atoms with Crippen LogP contribution in [0, 0.1) is 13.8 Å². The van der Waals surface area contributed by atoms with E-state index in [0.29, 0.717) is 0 Å². The van der Waals surface area contributed by atoms with Gasteiger partial charge >= 0.3 is 5.97 Å². The first-order valence-corrected chi connectivity index (χ1v) is 7.54. The SMILES string of the molecule is CCOC(=O)C1=Nc2nncn2NC(n2nc(C)c(Br)c2C)=N1. The van der Waals surface area contributed by atoms with E-state index < -0.39 is 5.97 Å². The summed E-state index contributed by atoms with van der Waals surface area (Å²) in [6, 6.07) is 0. The maximum Gasteiger partial charge on any atom is 0.376 e. The lowest BCUT2D eigenvalue weighted by Gasteiger charge is -2.10. The van der Waals surface area contributed by atoms with Gasteiger partial charge in [-0.05, 0) is 36.7 Å². The Morgan fingerprint density at radius 3 is 2.83 bits per heavy atom. The number of aryl methyl sites for hydroxylation is 1. The number of nitrogens with one attached hydrogen (secondary N) is 1. The van der Waals surface area contributed by atoms with Crippen LogP contribution in [0.5, 0.6) is 0 Å². The Bertz CT molecular complexity index is 834.